The van der Waals surface area contributed by atoms with Crippen molar-refractivity contribution in [2.24, 2.45) is 0 Å². The number of likely N-dealkylation sites (tertiary alicyclic amines) is 1. The van der Waals surface area contributed by atoms with Crippen LogP contribution in [0.5, 0.6) is 0 Å². The molecule has 4 nitrogen and oxygen atoms in total. The Hall–Kier alpha value is 0.0200. The number of halogens is 1. The van der Waals surface area contributed by atoms with E-state index in [4.69, 9.17) is 0 Å². The number of hydrogen-bond donors (Lipinski definition) is 0. The van der Waals surface area contributed by atoms with Crippen LogP contribution in [0.1, 0.15) is 10.7 Å². The molecule has 90 valence electrons. The molecule has 2 rings (SSSR count). The Balaban J connectivity index is 1.91. The summed E-state index contributed by atoms with van der Waals surface area (Å²) in [7, 11) is -2.86. The highest BCUT2D eigenvalue weighted by molar-refractivity contribution is 9.11. The molecule has 0 saturated carbocycles. The van der Waals surface area contributed by atoms with E-state index in [-0.39, 0.29) is 5.25 Å². The third-order valence-corrected chi connectivity index (χ3v) is 6.17. The average Bonchev–Trinajstić information content (AvgIpc) is 2.36. The van der Waals surface area contributed by atoms with Gasteiger partial charge in [-0.05, 0) is 22.9 Å². The molecule has 1 aliphatic rings. The Bertz CT molecular complexity index is 472. The maximum Gasteiger partial charge on any atom is 0.152 e. The highest BCUT2D eigenvalue weighted by Gasteiger charge is 2.34. The van der Waals surface area contributed by atoms with Crippen molar-refractivity contribution in [3.63, 3.8) is 0 Å². The van der Waals surface area contributed by atoms with E-state index in [9.17, 15) is 8.42 Å². The number of hydrogen-bond acceptors (Lipinski definition) is 5. The lowest BCUT2D eigenvalue weighted by molar-refractivity contribution is 0.176. The lowest BCUT2D eigenvalue weighted by Gasteiger charge is -2.37. The smallest absolute Gasteiger partial charge is 0.152 e. The standard InChI is InChI=1S/C9H13BrN2O2S2/c1-6-9(10)15-8(11-6)5-12-3-7(4-12)16(2,13)14/h7H,3-5H2,1-2H3. The molecule has 0 radical (unpaired) electrons. The maximum absolute atomic E-state index is 11.2. The second-order valence-corrected chi connectivity index (χ2v) is 8.84. The minimum absolute atomic E-state index is 0.183. The Labute approximate surface area is 108 Å². The summed E-state index contributed by atoms with van der Waals surface area (Å²) in [6.07, 6.45) is 1.30. The van der Waals surface area contributed by atoms with Crippen LogP contribution in [-0.4, -0.2) is 42.9 Å². The molecule has 0 unspecified atom stereocenters. The summed E-state index contributed by atoms with van der Waals surface area (Å²) in [6.45, 7) is 3.98. The van der Waals surface area contributed by atoms with E-state index in [2.05, 4.69) is 25.8 Å². The topological polar surface area (TPSA) is 50.3 Å². The monoisotopic (exact) mass is 324 g/mol. The highest BCUT2D eigenvalue weighted by Crippen LogP contribution is 2.26. The molecule has 1 saturated heterocycles. The van der Waals surface area contributed by atoms with Crippen molar-refractivity contribution in [1.29, 1.82) is 0 Å². The van der Waals surface area contributed by atoms with Crippen molar-refractivity contribution >= 4 is 37.1 Å². The molecule has 1 aromatic rings. The molecular formula is C9H13BrN2O2S2. The van der Waals surface area contributed by atoms with Crippen LogP contribution in [0.15, 0.2) is 3.79 Å². The SMILES string of the molecule is Cc1nc(CN2CC(S(C)(=O)=O)C2)sc1Br. The van der Waals surface area contributed by atoms with E-state index >= 15 is 0 Å². The maximum atomic E-state index is 11.2. The van der Waals surface area contributed by atoms with Gasteiger partial charge in [-0.1, -0.05) is 0 Å². The van der Waals surface area contributed by atoms with Crippen LogP contribution < -0.4 is 0 Å². The van der Waals surface area contributed by atoms with Crippen molar-refractivity contribution in [3.8, 4) is 0 Å². The molecule has 0 bridgehead atoms. The molecule has 1 aromatic heterocycles. The summed E-state index contributed by atoms with van der Waals surface area (Å²) in [5, 5.41) is 0.855. The molecule has 1 fully saturated rings. The summed E-state index contributed by atoms with van der Waals surface area (Å²) < 4.78 is 23.5. The zero-order valence-corrected chi connectivity index (χ0v) is 12.3. The second kappa shape index (κ2) is 4.36. The van der Waals surface area contributed by atoms with Gasteiger partial charge >= 0.3 is 0 Å². The molecular weight excluding hydrogens is 312 g/mol. The number of sulfone groups is 1. The summed E-state index contributed by atoms with van der Waals surface area (Å²) in [5.74, 6) is 0. The second-order valence-electron chi connectivity index (χ2n) is 4.11. The minimum atomic E-state index is -2.86. The Morgan fingerprint density at radius 2 is 2.19 bits per heavy atom. The predicted molar refractivity (Wildman–Crippen MR) is 68.5 cm³/mol. The van der Waals surface area contributed by atoms with E-state index in [1.807, 2.05) is 6.92 Å². The van der Waals surface area contributed by atoms with Gasteiger partial charge in [-0.15, -0.1) is 11.3 Å². The molecule has 1 aliphatic heterocycles. The van der Waals surface area contributed by atoms with Crippen LogP contribution in [0.25, 0.3) is 0 Å². The first-order valence-electron chi connectivity index (χ1n) is 4.89. The van der Waals surface area contributed by atoms with Gasteiger partial charge in [0.2, 0.25) is 0 Å². The van der Waals surface area contributed by atoms with Crippen molar-refractivity contribution < 1.29 is 8.42 Å². The van der Waals surface area contributed by atoms with Gasteiger partial charge < -0.3 is 0 Å². The molecule has 16 heavy (non-hydrogen) atoms. The van der Waals surface area contributed by atoms with Gasteiger partial charge in [0, 0.05) is 19.3 Å². The van der Waals surface area contributed by atoms with E-state index in [0.29, 0.717) is 13.1 Å². The summed E-state index contributed by atoms with van der Waals surface area (Å²) in [5.41, 5.74) is 1.00. The Kier molecular flexibility index (Phi) is 3.40. The van der Waals surface area contributed by atoms with Crippen LogP contribution in [0.4, 0.5) is 0 Å². The molecule has 0 amide bonds. The predicted octanol–water partition coefficient (Wildman–Crippen LogP) is 1.44. The number of aromatic nitrogens is 1. The van der Waals surface area contributed by atoms with Crippen molar-refractivity contribution in [2.75, 3.05) is 19.3 Å². The normalized spacial score (nSPS) is 18.7. The van der Waals surface area contributed by atoms with Gasteiger partial charge in [0.05, 0.1) is 21.3 Å². The van der Waals surface area contributed by atoms with Gasteiger partial charge in [0.1, 0.15) is 5.01 Å². The zero-order chi connectivity index (χ0) is 11.9. The Morgan fingerprint density at radius 3 is 2.62 bits per heavy atom. The van der Waals surface area contributed by atoms with E-state index < -0.39 is 9.84 Å². The molecule has 0 N–H and O–H groups in total. The molecule has 0 spiro atoms. The quantitative estimate of drug-likeness (QED) is 0.844. The van der Waals surface area contributed by atoms with Crippen LogP contribution in [0, 0.1) is 6.92 Å². The highest BCUT2D eigenvalue weighted by atomic mass is 79.9. The Morgan fingerprint density at radius 1 is 1.56 bits per heavy atom. The molecule has 2 heterocycles. The first kappa shape index (κ1) is 12.5. The molecule has 7 heteroatoms. The number of rotatable bonds is 3. The van der Waals surface area contributed by atoms with E-state index in [0.717, 1.165) is 21.0 Å². The molecule has 0 aliphatic carbocycles. The van der Waals surface area contributed by atoms with Gasteiger partial charge in [0.15, 0.2) is 9.84 Å². The van der Waals surface area contributed by atoms with Gasteiger partial charge in [-0.25, -0.2) is 13.4 Å². The first-order chi connectivity index (χ1) is 7.36. The van der Waals surface area contributed by atoms with E-state index in [1.165, 1.54) is 6.26 Å². The number of nitrogens with zero attached hydrogens (tertiary/aromatic N) is 2. The van der Waals surface area contributed by atoms with Crippen molar-refractivity contribution in [3.05, 3.63) is 14.5 Å². The van der Waals surface area contributed by atoms with Crippen molar-refractivity contribution in [2.45, 2.75) is 18.7 Å². The van der Waals surface area contributed by atoms with Gasteiger partial charge in [-0.3, -0.25) is 4.90 Å². The third kappa shape index (κ3) is 2.64. The van der Waals surface area contributed by atoms with Gasteiger partial charge in [0.25, 0.3) is 0 Å². The van der Waals surface area contributed by atoms with Gasteiger partial charge in [-0.2, -0.15) is 0 Å². The fourth-order valence-corrected chi connectivity index (χ4v) is 4.05. The van der Waals surface area contributed by atoms with E-state index in [1.54, 1.807) is 11.3 Å². The van der Waals surface area contributed by atoms with Crippen molar-refractivity contribution in [1.82, 2.24) is 9.88 Å². The summed E-state index contributed by atoms with van der Waals surface area (Å²) in [6, 6.07) is 0. The lowest BCUT2D eigenvalue weighted by Crippen LogP contribution is -2.53. The van der Waals surface area contributed by atoms with Crippen LogP contribution >= 0.6 is 27.3 Å². The summed E-state index contributed by atoms with van der Waals surface area (Å²) in [4.78, 5) is 6.51. The van der Waals surface area contributed by atoms with Crippen LogP contribution in [0.3, 0.4) is 0 Å². The largest absolute Gasteiger partial charge is 0.294 e. The van der Waals surface area contributed by atoms with Crippen LogP contribution in [-0.2, 0) is 16.4 Å². The summed E-state index contributed by atoms with van der Waals surface area (Å²) >= 11 is 5.05. The lowest BCUT2D eigenvalue weighted by atomic mass is 10.2. The molecule has 0 aromatic carbocycles. The van der Waals surface area contributed by atoms with Crippen LogP contribution in [0.2, 0.25) is 0 Å². The average molecular weight is 325 g/mol. The molecule has 0 atom stereocenters. The number of thiazole rings is 1. The fourth-order valence-electron chi connectivity index (χ4n) is 1.61. The minimum Gasteiger partial charge on any atom is -0.294 e. The zero-order valence-electron chi connectivity index (χ0n) is 9.10. The third-order valence-electron chi connectivity index (χ3n) is 2.67. The number of aryl methyl sites for hydroxylation is 1. The fraction of sp³-hybridized carbons (Fsp3) is 0.667. The first-order valence-corrected chi connectivity index (χ1v) is 8.45.